The average Bonchev–Trinajstić information content (AvgIpc) is 2.17. The number of pyridine rings is 1. The van der Waals surface area contributed by atoms with Crippen molar-refractivity contribution in [2.45, 2.75) is 6.92 Å². The van der Waals surface area contributed by atoms with Gasteiger partial charge in [0.2, 0.25) is 0 Å². The second kappa shape index (κ2) is 4.43. The number of aromatic nitrogens is 1. The molecule has 1 amide bonds. The second-order valence-electron chi connectivity index (χ2n) is 3.03. The summed E-state index contributed by atoms with van der Waals surface area (Å²) >= 11 is 0. The fraction of sp³-hybridized carbons (Fsp3) is 0.273. The molecule has 0 fully saturated rings. The third kappa shape index (κ3) is 2.33. The van der Waals surface area contributed by atoms with Gasteiger partial charge in [0.05, 0.1) is 6.54 Å². The molecule has 0 atom stereocenters. The molecule has 0 spiro atoms. The predicted molar refractivity (Wildman–Crippen MR) is 54.8 cm³/mol. The first-order valence-corrected chi connectivity index (χ1v) is 4.27. The summed E-state index contributed by atoms with van der Waals surface area (Å²) in [5.41, 5.74) is 1.26. The van der Waals surface area contributed by atoms with Crippen molar-refractivity contribution >= 4 is 5.91 Å². The van der Waals surface area contributed by atoms with Crippen LogP contribution in [0, 0.1) is 19.3 Å². The number of terminal acetylenes is 1. The molecule has 1 aromatic rings. The van der Waals surface area contributed by atoms with Crippen molar-refractivity contribution in [2.75, 3.05) is 13.6 Å². The lowest BCUT2D eigenvalue weighted by atomic mass is 10.3. The first-order chi connectivity index (χ1) is 6.65. The van der Waals surface area contributed by atoms with E-state index in [1.807, 2.05) is 13.0 Å². The number of nitrogens with zero attached hydrogens (tertiary/aromatic N) is 2. The smallest absolute Gasteiger partial charge is 0.272 e. The molecule has 1 rings (SSSR count). The first-order valence-electron chi connectivity index (χ1n) is 4.27. The van der Waals surface area contributed by atoms with Gasteiger partial charge in [0.25, 0.3) is 5.91 Å². The van der Waals surface area contributed by atoms with Gasteiger partial charge in [-0.05, 0) is 19.1 Å². The van der Waals surface area contributed by atoms with Crippen molar-refractivity contribution in [3.63, 3.8) is 0 Å². The largest absolute Gasteiger partial charge is 0.329 e. The van der Waals surface area contributed by atoms with Gasteiger partial charge in [0, 0.05) is 12.7 Å². The molecular formula is C11H12N2O. The summed E-state index contributed by atoms with van der Waals surface area (Å²) in [5.74, 6) is 2.26. The molecule has 1 heterocycles. The third-order valence-electron chi connectivity index (χ3n) is 1.78. The van der Waals surface area contributed by atoms with E-state index in [1.54, 1.807) is 19.2 Å². The lowest BCUT2D eigenvalue weighted by Crippen LogP contribution is -2.27. The molecule has 0 aromatic carbocycles. The Morgan fingerprint density at radius 1 is 1.64 bits per heavy atom. The Morgan fingerprint density at radius 3 is 2.93 bits per heavy atom. The minimum absolute atomic E-state index is 0.147. The van der Waals surface area contributed by atoms with Gasteiger partial charge in [-0.1, -0.05) is 12.0 Å². The van der Waals surface area contributed by atoms with E-state index in [9.17, 15) is 4.79 Å². The maximum absolute atomic E-state index is 11.7. The van der Waals surface area contributed by atoms with Crippen LogP contribution in [0.25, 0.3) is 0 Å². The summed E-state index contributed by atoms with van der Waals surface area (Å²) in [7, 11) is 1.66. The molecule has 3 heteroatoms. The summed E-state index contributed by atoms with van der Waals surface area (Å²) in [5, 5.41) is 0. The standard InChI is InChI=1S/C11H12N2O/c1-4-8-13(3)11(14)10-7-5-6-9(2)12-10/h1,5-7H,8H2,2-3H3. The number of hydrogen-bond donors (Lipinski definition) is 0. The molecule has 0 saturated heterocycles. The monoisotopic (exact) mass is 188 g/mol. The Bertz CT molecular complexity index is 379. The Hall–Kier alpha value is -1.82. The number of carbonyl (C=O) groups excluding carboxylic acids is 1. The van der Waals surface area contributed by atoms with E-state index >= 15 is 0 Å². The summed E-state index contributed by atoms with van der Waals surface area (Å²) in [6, 6.07) is 5.33. The van der Waals surface area contributed by atoms with Crippen molar-refractivity contribution in [1.29, 1.82) is 0 Å². The van der Waals surface area contributed by atoms with Crippen molar-refractivity contribution in [2.24, 2.45) is 0 Å². The van der Waals surface area contributed by atoms with E-state index in [4.69, 9.17) is 6.42 Å². The summed E-state index contributed by atoms with van der Waals surface area (Å²) in [4.78, 5) is 17.2. The molecule has 1 aromatic heterocycles. The maximum Gasteiger partial charge on any atom is 0.272 e. The van der Waals surface area contributed by atoms with E-state index < -0.39 is 0 Å². The van der Waals surface area contributed by atoms with E-state index in [0.717, 1.165) is 5.69 Å². The van der Waals surface area contributed by atoms with Crippen LogP contribution < -0.4 is 0 Å². The molecule has 0 bridgehead atoms. The van der Waals surface area contributed by atoms with Crippen molar-refractivity contribution in [1.82, 2.24) is 9.88 Å². The summed E-state index contributed by atoms with van der Waals surface area (Å²) in [6.45, 7) is 2.15. The van der Waals surface area contributed by atoms with Crippen LogP contribution in [0.3, 0.4) is 0 Å². The van der Waals surface area contributed by atoms with E-state index in [2.05, 4.69) is 10.9 Å². The highest BCUT2D eigenvalue weighted by Crippen LogP contribution is 2.01. The molecule has 0 saturated carbocycles. The molecule has 0 radical (unpaired) electrons. The molecule has 14 heavy (non-hydrogen) atoms. The topological polar surface area (TPSA) is 33.2 Å². The fourth-order valence-electron chi connectivity index (χ4n) is 1.07. The highest BCUT2D eigenvalue weighted by atomic mass is 16.2. The highest BCUT2D eigenvalue weighted by Gasteiger charge is 2.11. The molecular weight excluding hydrogens is 176 g/mol. The number of amides is 1. The van der Waals surface area contributed by atoms with Crippen LogP contribution in [-0.4, -0.2) is 29.4 Å². The Kier molecular flexibility index (Phi) is 3.24. The third-order valence-corrected chi connectivity index (χ3v) is 1.78. The number of rotatable bonds is 2. The minimum atomic E-state index is -0.147. The summed E-state index contributed by atoms with van der Waals surface area (Å²) in [6.07, 6.45) is 5.11. The molecule has 0 aliphatic heterocycles. The zero-order valence-electron chi connectivity index (χ0n) is 8.32. The van der Waals surface area contributed by atoms with Crippen LogP contribution in [0.2, 0.25) is 0 Å². The van der Waals surface area contributed by atoms with Gasteiger partial charge in [-0.15, -0.1) is 6.42 Å². The summed E-state index contributed by atoms with van der Waals surface area (Å²) < 4.78 is 0. The van der Waals surface area contributed by atoms with Gasteiger partial charge in [-0.25, -0.2) is 4.98 Å². The van der Waals surface area contributed by atoms with Crippen molar-refractivity contribution < 1.29 is 4.79 Å². The predicted octanol–water partition coefficient (Wildman–Crippen LogP) is 1.10. The van der Waals surface area contributed by atoms with Gasteiger partial charge in [0.15, 0.2) is 0 Å². The Balaban J connectivity index is 2.85. The van der Waals surface area contributed by atoms with E-state index in [-0.39, 0.29) is 5.91 Å². The van der Waals surface area contributed by atoms with Crippen molar-refractivity contribution in [3.8, 4) is 12.3 Å². The molecule has 0 N–H and O–H groups in total. The van der Waals surface area contributed by atoms with Gasteiger partial charge >= 0.3 is 0 Å². The van der Waals surface area contributed by atoms with Gasteiger partial charge in [-0.2, -0.15) is 0 Å². The van der Waals surface area contributed by atoms with Gasteiger partial charge in [-0.3, -0.25) is 4.79 Å². The van der Waals surface area contributed by atoms with Crippen LogP contribution in [0.4, 0.5) is 0 Å². The van der Waals surface area contributed by atoms with Crippen LogP contribution in [0.15, 0.2) is 18.2 Å². The molecule has 3 nitrogen and oxygen atoms in total. The van der Waals surface area contributed by atoms with E-state index in [1.165, 1.54) is 4.90 Å². The quantitative estimate of drug-likeness (QED) is 0.651. The normalized spacial score (nSPS) is 9.21. The number of aryl methyl sites for hydroxylation is 1. The zero-order chi connectivity index (χ0) is 10.6. The molecule has 0 aliphatic rings. The molecule has 0 unspecified atom stereocenters. The Labute approximate surface area is 83.8 Å². The maximum atomic E-state index is 11.7. The van der Waals surface area contributed by atoms with Crippen LogP contribution in [0.5, 0.6) is 0 Å². The van der Waals surface area contributed by atoms with Crippen LogP contribution >= 0.6 is 0 Å². The second-order valence-corrected chi connectivity index (χ2v) is 3.03. The van der Waals surface area contributed by atoms with Gasteiger partial charge in [0.1, 0.15) is 5.69 Å². The lowest BCUT2D eigenvalue weighted by Gasteiger charge is -2.12. The SMILES string of the molecule is C#CCN(C)C(=O)c1cccc(C)n1. The fourth-order valence-corrected chi connectivity index (χ4v) is 1.07. The van der Waals surface area contributed by atoms with Crippen LogP contribution in [0.1, 0.15) is 16.2 Å². The lowest BCUT2D eigenvalue weighted by molar-refractivity contribution is 0.0806. The van der Waals surface area contributed by atoms with Crippen molar-refractivity contribution in [3.05, 3.63) is 29.6 Å². The number of carbonyl (C=O) groups is 1. The first kappa shape index (κ1) is 10.3. The van der Waals surface area contributed by atoms with Crippen LogP contribution in [-0.2, 0) is 0 Å². The highest BCUT2D eigenvalue weighted by molar-refractivity contribution is 5.92. The molecule has 0 aliphatic carbocycles. The Morgan fingerprint density at radius 2 is 2.36 bits per heavy atom. The minimum Gasteiger partial charge on any atom is -0.329 e. The average molecular weight is 188 g/mol. The number of hydrogen-bond acceptors (Lipinski definition) is 2. The zero-order valence-corrected chi connectivity index (χ0v) is 8.32. The van der Waals surface area contributed by atoms with E-state index in [0.29, 0.717) is 12.2 Å². The molecule has 72 valence electrons. The van der Waals surface area contributed by atoms with Gasteiger partial charge < -0.3 is 4.90 Å².